The van der Waals surface area contributed by atoms with Gasteiger partial charge in [0.1, 0.15) is 0 Å². The molecule has 1 amide bonds. The minimum absolute atomic E-state index is 0.216. The molecule has 80 valence electrons. The fourth-order valence-electron chi connectivity index (χ4n) is 2.21. The first-order valence-corrected chi connectivity index (χ1v) is 5.52. The number of nitrogens with zero attached hydrogens (tertiary/aromatic N) is 2. The molecule has 3 heteroatoms. The fourth-order valence-corrected chi connectivity index (χ4v) is 2.21. The molecule has 0 radical (unpaired) electrons. The highest BCUT2D eigenvalue weighted by Crippen LogP contribution is 2.27. The van der Waals surface area contributed by atoms with Crippen LogP contribution in [0.2, 0.25) is 0 Å². The van der Waals surface area contributed by atoms with Crippen molar-refractivity contribution in [3.05, 3.63) is 30.1 Å². The number of carbonyl (C=O) groups excluding carboxylic acids is 1. The molecule has 0 spiro atoms. The van der Waals surface area contributed by atoms with Crippen molar-refractivity contribution in [2.45, 2.75) is 32.2 Å². The van der Waals surface area contributed by atoms with Gasteiger partial charge in [-0.05, 0) is 24.5 Å². The van der Waals surface area contributed by atoms with E-state index in [0.29, 0.717) is 6.42 Å². The Bertz CT molecular complexity index is 337. The predicted molar refractivity (Wildman–Crippen MR) is 58.2 cm³/mol. The van der Waals surface area contributed by atoms with Crippen LogP contribution < -0.4 is 0 Å². The van der Waals surface area contributed by atoms with Crippen molar-refractivity contribution >= 4 is 5.91 Å². The van der Waals surface area contributed by atoms with Crippen LogP contribution in [0.3, 0.4) is 0 Å². The molecule has 0 bridgehead atoms. The van der Waals surface area contributed by atoms with Crippen molar-refractivity contribution < 1.29 is 4.79 Å². The molecule has 1 unspecified atom stereocenters. The molecule has 1 aromatic heterocycles. The summed E-state index contributed by atoms with van der Waals surface area (Å²) in [4.78, 5) is 17.7. The monoisotopic (exact) mass is 204 g/mol. The quantitative estimate of drug-likeness (QED) is 0.756. The summed E-state index contributed by atoms with van der Waals surface area (Å²) in [5.74, 6) is 0.283. The van der Waals surface area contributed by atoms with Gasteiger partial charge in [0.25, 0.3) is 0 Å². The molecular formula is C12H16N2O. The van der Waals surface area contributed by atoms with Gasteiger partial charge >= 0.3 is 0 Å². The van der Waals surface area contributed by atoms with Gasteiger partial charge in [0.15, 0.2) is 0 Å². The minimum atomic E-state index is 0.216. The van der Waals surface area contributed by atoms with E-state index in [1.807, 2.05) is 23.2 Å². The third-order valence-corrected chi connectivity index (χ3v) is 2.94. The zero-order valence-corrected chi connectivity index (χ0v) is 9.02. The lowest BCUT2D eigenvalue weighted by Crippen LogP contribution is -2.29. The second-order valence-electron chi connectivity index (χ2n) is 3.90. The van der Waals surface area contributed by atoms with Crippen molar-refractivity contribution in [3.63, 3.8) is 0 Å². The lowest BCUT2D eigenvalue weighted by Gasteiger charge is -2.26. The summed E-state index contributed by atoms with van der Waals surface area (Å²) in [6.07, 6.45) is 6.28. The second-order valence-corrected chi connectivity index (χ2v) is 3.90. The Morgan fingerprint density at radius 3 is 3.00 bits per heavy atom. The van der Waals surface area contributed by atoms with E-state index in [2.05, 4.69) is 11.9 Å². The number of amides is 1. The number of hydrogen-bond donors (Lipinski definition) is 0. The third-order valence-electron chi connectivity index (χ3n) is 2.94. The van der Waals surface area contributed by atoms with Crippen molar-refractivity contribution in [1.82, 2.24) is 9.88 Å². The maximum Gasteiger partial charge on any atom is 0.223 e. The van der Waals surface area contributed by atoms with Gasteiger partial charge in [0.05, 0.1) is 6.04 Å². The van der Waals surface area contributed by atoms with Crippen molar-refractivity contribution in [1.29, 1.82) is 0 Å². The molecule has 15 heavy (non-hydrogen) atoms. The summed E-state index contributed by atoms with van der Waals surface area (Å²) in [7, 11) is 0. The van der Waals surface area contributed by atoms with E-state index in [0.717, 1.165) is 24.9 Å². The number of aromatic nitrogens is 1. The summed E-state index contributed by atoms with van der Waals surface area (Å²) in [6.45, 7) is 3.01. The highest BCUT2D eigenvalue weighted by atomic mass is 16.2. The molecule has 0 aromatic carbocycles. The van der Waals surface area contributed by atoms with Gasteiger partial charge < -0.3 is 4.90 Å². The van der Waals surface area contributed by atoms with Gasteiger partial charge in [-0.2, -0.15) is 0 Å². The van der Waals surface area contributed by atoms with Gasteiger partial charge in [0.2, 0.25) is 5.91 Å². The number of pyridine rings is 1. The van der Waals surface area contributed by atoms with E-state index < -0.39 is 0 Å². The van der Waals surface area contributed by atoms with E-state index >= 15 is 0 Å². The van der Waals surface area contributed by atoms with Gasteiger partial charge in [0, 0.05) is 25.4 Å². The molecule has 2 rings (SSSR count). The number of likely N-dealkylation sites (tertiary alicyclic amines) is 1. The minimum Gasteiger partial charge on any atom is -0.336 e. The van der Waals surface area contributed by atoms with E-state index in [1.54, 1.807) is 6.20 Å². The topological polar surface area (TPSA) is 33.2 Å². The molecule has 2 heterocycles. The highest BCUT2D eigenvalue weighted by Gasteiger charge is 2.27. The fraction of sp³-hybridized carbons (Fsp3) is 0.500. The van der Waals surface area contributed by atoms with Crippen LogP contribution in [0.15, 0.2) is 24.5 Å². The van der Waals surface area contributed by atoms with Crippen LogP contribution in [-0.4, -0.2) is 22.3 Å². The van der Waals surface area contributed by atoms with Gasteiger partial charge in [-0.1, -0.05) is 13.0 Å². The smallest absolute Gasteiger partial charge is 0.223 e. The normalized spacial score (nSPS) is 18.2. The van der Waals surface area contributed by atoms with Gasteiger partial charge in [-0.25, -0.2) is 0 Å². The lowest BCUT2D eigenvalue weighted by molar-refractivity contribution is -0.129. The number of rotatable bonds is 3. The van der Waals surface area contributed by atoms with E-state index in [9.17, 15) is 4.79 Å². The number of carbonyl (C=O) groups is 1. The van der Waals surface area contributed by atoms with Crippen LogP contribution in [0.5, 0.6) is 0 Å². The van der Waals surface area contributed by atoms with Crippen LogP contribution in [0.4, 0.5) is 0 Å². The maximum atomic E-state index is 11.7. The summed E-state index contributed by atoms with van der Waals surface area (Å²) in [5, 5.41) is 0. The molecule has 1 aromatic rings. The molecule has 0 N–H and O–H groups in total. The van der Waals surface area contributed by atoms with Crippen molar-refractivity contribution in [2.75, 3.05) is 6.54 Å². The van der Waals surface area contributed by atoms with E-state index in [-0.39, 0.29) is 11.9 Å². The highest BCUT2D eigenvalue weighted by molar-refractivity contribution is 5.78. The zero-order chi connectivity index (χ0) is 10.7. The summed E-state index contributed by atoms with van der Waals surface area (Å²) in [5.41, 5.74) is 1.15. The first-order valence-electron chi connectivity index (χ1n) is 5.52. The summed E-state index contributed by atoms with van der Waals surface area (Å²) < 4.78 is 0. The van der Waals surface area contributed by atoms with Crippen molar-refractivity contribution in [3.8, 4) is 0 Å². The van der Waals surface area contributed by atoms with Crippen LogP contribution in [0.1, 0.15) is 37.8 Å². The Labute approximate surface area is 90.1 Å². The molecule has 1 aliphatic rings. The van der Waals surface area contributed by atoms with Crippen LogP contribution in [0, 0.1) is 0 Å². The Morgan fingerprint density at radius 1 is 1.60 bits per heavy atom. The standard InChI is InChI=1S/C12H16N2O/c1-2-11(10-5-3-7-13-9-10)14-8-4-6-12(14)15/h3,5,7,9,11H,2,4,6,8H2,1H3. The lowest BCUT2D eigenvalue weighted by atomic mass is 10.1. The molecule has 1 saturated heterocycles. The Hall–Kier alpha value is -1.38. The average molecular weight is 204 g/mol. The predicted octanol–water partition coefficient (Wildman–Crippen LogP) is 2.16. The molecule has 0 saturated carbocycles. The van der Waals surface area contributed by atoms with Gasteiger partial charge in [-0.15, -0.1) is 0 Å². The summed E-state index contributed by atoms with van der Waals surface area (Å²) in [6, 6.07) is 4.19. The first kappa shape index (κ1) is 10.1. The van der Waals surface area contributed by atoms with E-state index in [1.165, 1.54) is 0 Å². The number of hydrogen-bond acceptors (Lipinski definition) is 2. The van der Waals surface area contributed by atoms with Crippen LogP contribution >= 0.6 is 0 Å². The third kappa shape index (κ3) is 2.01. The summed E-state index contributed by atoms with van der Waals surface area (Å²) >= 11 is 0. The average Bonchev–Trinajstić information content (AvgIpc) is 2.68. The first-order chi connectivity index (χ1) is 7.33. The largest absolute Gasteiger partial charge is 0.336 e. The molecular weight excluding hydrogens is 188 g/mol. The molecule has 1 aliphatic heterocycles. The maximum absolute atomic E-state index is 11.7. The Morgan fingerprint density at radius 2 is 2.47 bits per heavy atom. The van der Waals surface area contributed by atoms with Crippen LogP contribution in [0.25, 0.3) is 0 Å². The molecule has 1 atom stereocenters. The molecule has 3 nitrogen and oxygen atoms in total. The van der Waals surface area contributed by atoms with Crippen molar-refractivity contribution in [2.24, 2.45) is 0 Å². The Kier molecular flexibility index (Phi) is 2.99. The van der Waals surface area contributed by atoms with Crippen LogP contribution in [-0.2, 0) is 4.79 Å². The second kappa shape index (κ2) is 4.43. The van der Waals surface area contributed by atoms with E-state index in [4.69, 9.17) is 0 Å². The van der Waals surface area contributed by atoms with Gasteiger partial charge in [-0.3, -0.25) is 9.78 Å². The Balaban J connectivity index is 2.20. The molecule has 0 aliphatic carbocycles. The molecule has 1 fully saturated rings. The SMILES string of the molecule is CCC(c1cccnc1)N1CCCC1=O. The zero-order valence-electron chi connectivity index (χ0n) is 9.02.